The van der Waals surface area contributed by atoms with Crippen LogP contribution >= 0.6 is 0 Å². The number of nitrogens with zero attached hydrogens (tertiary/aromatic N) is 2. The van der Waals surface area contributed by atoms with Gasteiger partial charge in [0.1, 0.15) is 24.6 Å². The number of esters is 1. The Morgan fingerprint density at radius 1 is 1.23 bits per heavy atom. The van der Waals surface area contributed by atoms with Gasteiger partial charge in [-0.25, -0.2) is 0 Å². The Balaban J connectivity index is 1.63. The van der Waals surface area contributed by atoms with Gasteiger partial charge in [0.15, 0.2) is 0 Å². The van der Waals surface area contributed by atoms with Crippen LogP contribution in [-0.2, 0) is 16.1 Å². The van der Waals surface area contributed by atoms with Crippen LogP contribution in [0.3, 0.4) is 0 Å². The first kappa shape index (κ1) is 14.0. The van der Waals surface area contributed by atoms with E-state index in [0.717, 1.165) is 4.90 Å². The van der Waals surface area contributed by atoms with Gasteiger partial charge < -0.3 is 9.26 Å². The molecule has 2 amide bonds. The highest BCUT2D eigenvalue weighted by Gasteiger charge is 2.36. The van der Waals surface area contributed by atoms with Gasteiger partial charge >= 0.3 is 5.97 Å². The Kier molecular flexibility index (Phi) is 3.46. The Bertz CT molecular complexity index is 730. The van der Waals surface area contributed by atoms with Crippen molar-refractivity contribution in [1.82, 2.24) is 10.1 Å². The molecule has 0 N–H and O–H groups in total. The van der Waals surface area contributed by atoms with E-state index in [0.29, 0.717) is 22.6 Å². The molecule has 1 aliphatic rings. The summed E-state index contributed by atoms with van der Waals surface area (Å²) in [6.07, 6.45) is 0. The van der Waals surface area contributed by atoms with Gasteiger partial charge in [0.2, 0.25) is 0 Å². The molecule has 0 radical (unpaired) electrons. The molecule has 0 bridgehead atoms. The number of hydrogen-bond acceptors (Lipinski definition) is 6. The maximum Gasteiger partial charge on any atom is 0.326 e. The van der Waals surface area contributed by atoms with Crippen molar-refractivity contribution in [3.63, 3.8) is 0 Å². The molecular weight excluding hydrogens is 288 g/mol. The van der Waals surface area contributed by atoms with E-state index in [-0.39, 0.29) is 6.61 Å². The summed E-state index contributed by atoms with van der Waals surface area (Å²) in [6, 6.07) is 8.07. The van der Waals surface area contributed by atoms with Gasteiger partial charge in [0, 0.05) is 6.07 Å². The molecule has 0 spiro atoms. The first-order valence-corrected chi connectivity index (χ1v) is 6.59. The number of hydrogen-bond donors (Lipinski definition) is 0. The average molecular weight is 300 g/mol. The minimum atomic E-state index is -0.685. The molecule has 0 aliphatic carbocycles. The monoisotopic (exact) mass is 300 g/mol. The zero-order valence-corrected chi connectivity index (χ0v) is 11.7. The summed E-state index contributed by atoms with van der Waals surface area (Å²) in [5, 5.41) is 3.68. The lowest BCUT2D eigenvalue weighted by Crippen LogP contribution is -2.35. The SMILES string of the molecule is Cc1cc(COC(=O)CN2C(=O)c3ccccc3C2=O)no1. The fourth-order valence-electron chi connectivity index (χ4n) is 2.20. The Morgan fingerprint density at radius 2 is 1.86 bits per heavy atom. The predicted molar refractivity (Wildman–Crippen MR) is 72.8 cm³/mol. The van der Waals surface area contributed by atoms with Gasteiger partial charge in [-0.2, -0.15) is 0 Å². The number of carbonyl (C=O) groups is 3. The van der Waals surface area contributed by atoms with Crippen LogP contribution in [0.25, 0.3) is 0 Å². The van der Waals surface area contributed by atoms with E-state index in [1.54, 1.807) is 37.3 Å². The molecule has 0 atom stereocenters. The molecule has 0 saturated heterocycles. The van der Waals surface area contributed by atoms with Crippen LogP contribution in [0.15, 0.2) is 34.9 Å². The molecule has 0 fully saturated rings. The first-order valence-electron chi connectivity index (χ1n) is 6.59. The molecule has 1 aromatic carbocycles. The number of rotatable bonds is 4. The standard InChI is InChI=1S/C15H12N2O5/c1-9-6-10(16-22-9)8-21-13(18)7-17-14(19)11-4-2-3-5-12(11)15(17)20/h2-6H,7-8H2,1H3. The summed E-state index contributed by atoms with van der Waals surface area (Å²) in [7, 11) is 0. The third kappa shape index (κ3) is 2.48. The molecule has 3 rings (SSSR count). The van der Waals surface area contributed by atoms with Crippen molar-refractivity contribution in [2.45, 2.75) is 13.5 Å². The fraction of sp³-hybridized carbons (Fsp3) is 0.200. The lowest BCUT2D eigenvalue weighted by atomic mass is 10.1. The van der Waals surface area contributed by atoms with E-state index >= 15 is 0 Å². The van der Waals surface area contributed by atoms with Gasteiger partial charge in [-0.3, -0.25) is 19.3 Å². The quantitative estimate of drug-likeness (QED) is 0.625. The zero-order chi connectivity index (χ0) is 15.7. The van der Waals surface area contributed by atoms with E-state index in [2.05, 4.69) is 5.16 Å². The molecule has 0 unspecified atom stereocenters. The molecule has 112 valence electrons. The second kappa shape index (κ2) is 5.44. The topological polar surface area (TPSA) is 89.7 Å². The third-order valence-corrected chi connectivity index (χ3v) is 3.22. The first-order chi connectivity index (χ1) is 10.6. The minimum Gasteiger partial charge on any atom is -0.458 e. The number of ether oxygens (including phenoxy) is 1. The van der Waals surface area contributed by atoms with Crippen LogP contribution in [0.4, 0.5) is 0 Å². The lowest BCUT2D eigenvalue weighted by Gasteiger charge is -2.12. The molecule has 7 nitrogen and oxygen atoms in total. The summed E-state index contributed by atoms with van der Waals surface area (Å²) in [6.45, 7) is 1.22. The second-order valence-electron chi connectivity index (χ2n) is 4.83. The molecule has 7 heteroatoms. The van der Waals surface area contributed by atoms with E-state index in [1.165, 1.54) is 0 Å². The zero-order valence-electron chi connectivity index (χ0n) is 11.7. The van der Waals surface area contributed by atoms with Gasteiger partial charge in [-0.15, -0.1) is 0 Å². The van der Waals surface area contributed by atoms with Crippen molar-refractivity contribution in [3.05, 3.63) is 52.9 Å². The second-order valence-corrected chi connectivity index (χ2v) is 4.83. The van der Waals surface area contributed by atoms with Crippen molar-refractivity contribution in [2.24, 2.45) is 0 Å². The maximum absolute atomic E-state index is 12.1. The maximum atomic E-state index is 12.1. The van der Waals surface area contributed by atoms with Gasteiger partial charge in [-0.1, -0.05) is 17.3 Å². The smallest absolute Gasteiger partial charge is 0.326 e. The lowest BCUT2D eigenvalue weighted by molar-refractivity contribution is -0.145. The van der Waals surface area contributed by atoms with Crippen LogP contribution in [0.5, 0.6) is 0 Å². The van der Waals surface area contributed by atoms with Crippen LogP contribution in [0, 0.1) is 6.92 Å². The van der Waals surface area contributed by atoms with Crippen LogP contribution < -0.4 is 0 Å². The van der Waals surface area contributed by atoms with Crippen LogP contribution in [-0.4, -0.2) is 34.4 Å². The number of imide groups is 1. The number of aryl methyl sites for hydroxylation is 1. The highest BCUT2D eigenvalue weighted by atomic mass is 16.5. The molecule has 2 aromatic rings. The summed E-state index contributed by atoms with van der Waals surface area (Å²) < 4.78 is 9.84. The van der Waals surface area contributed by atoms with Gasteiger partial charge in [0.05, 0.1) is 11.1 Å². The summed E-state index contributed by atoms with van der Waals surface area (Å²) >= 11 is 0. The van der Waals surface area contributed by atoms with Gasteiger partial charge in [0.25, 0.3) is 11.8 Å². The fourth-order valence-corrected chi connectivity index (χ4v) is 2.20. The van der Waals surface area contributed by atoms with E-state index in [1.807, 2.05) is 0 Å². The highest BCUT2D eigenvalue weighted by Crippen LogP contribution is 2.22. The van der Waals surface area contributed by atoms with Gasteiger partial charge in [-0.05, 0) is 19.1 Å². The van der Waals surface area contributed by atoms with Crippen molar-refractivity contribution < 1.29 is 23.6 Å². The Morgan fingerprint density at radius 3 is 2.41 bits per heavy atom. The molecule has 22 heavy (non-hydrogen) atoms. The van der Waals surface area contributed by atoms with E-state index in [9.17, 15) is 14.4 Å². The largest absolute Gasteiger partial charge is 0.458 e. The highest BCUT2D eigenvalue weighted by molar-refractivity contribution is 6.22. The predicted octanol–water partition coefficient (Wildman–Crippen LogP) is 1.32. The Hall–Kier alpha value is -2.96. The molecule has 1 aliphatic heterocycles. The molecule has 0 saturated carbocycles. The number of amides is 2. The summed E-state index contributed by atoms with van der Waals surface area (Å²) in [5.74, 6) is -1.06. The summed E-state index contributed by atoms with van der Waals surface area (Å²) in [5.41, 5.74) is 1.06. The molecular formula is C15H12N2O5. The molecule has 2 heterocycles. The normalized spacial score (nSPS) is 13.4. The van der Waals surface area contributed by atoms with Crippen LogP contribution in [0.1, 0.15) is 32.2 Å². The van der Waals surface area contributed by atoms with Crippen molar-refractivity contribution in [1.29, 1.82) is 0 Å². The van der Waals surface area contributed by atoms with Crippen molar-refractivity contribution in [3.8, 4) is 0 Å². The number of carbonyl (C=O) groups excluding carboxylic acids is 3. The number of fused-ring (bicyclic) bond motifs is 1. The van der Waals surface area contributed by atoms with Crippen molar-refractivity contribution >= 4 is 17.8 Å². The number of benzene rings is 1. The average Bonchev–Trinajstić information content (AvgIpc) is 3.03. The minimum absolute atomic E-state index is 0.0701. The van der Waals surface area contributed by atoms with Crippen LogP contribution in [0.2, 0.25) is 0 Å². The van der Waals surface area contributed by atoms with E-state index < -0.39 is 24.3 Å². The van der Waals surface area contributed by atoms with Crippen molar-refractivity contribution in [2.75, 3.05) is 6.54 Å². The summed E-state index contributed by atoms with van der Waals surface area (Å²) in [4.78, 5) is 36.9. The Labute approximate surface area is 125 Å². The third-order valence-electron chi connectivity index (χ3n) is 3.22. The molecule has 1 aromatic heterocycles. The number of aromatic nitrogens is 1. The van der Waals surface area contributed by atoms with E-state index in [4.69, 9.17) is 9.26 Å².